The molecular formula is C17H34IN5O. The van der Waals surface area contributed by atoms with Crippen molar-refractivity contribution in [3.63, 3.8) is 0 Å². The van der Waals surface area contributed by atoms with E-state index in [-0.39, 0.29) is 24.0 Å². The molecule has 0 aromatic rings. The van der Waals surface area contributed by atoms with Crippen LogP contribution < -0.4 is 10.6 Å². The van der Waals surface area contributed by atoms with Gasteiger partial charge in [-0.25, -0.2) is 0 Å². The number of likely N-dealkylation sites (N-methyl/N-ethyl adjacent to an activating group) is 1. The van der Waals surface area contributed by atoms with Gasteiger partial charge in [0.05, 0.1) is 6.54 Å². The quantitative estimate of drug-likeness (QED) is 0.255. The minimum atomic E-state index is 0. The largest absolute Gasteiger partial charge is 0.357 e. The number of aliphatic imine (C=N–C) groups is 1. The van der Waals surface area contributed by atoms with Gasteiger partial charge in [0.2, 0.25) is 5.91 Å². The molecule has 0 aromatic carbocycles. The molecule has 6 nitrogen and oxygen atoms in total. The van der Waals surface area contributed by atoms with Crippen molar-refractivity contribution in [2.45, 2.75) is 52.0 Å². The molecule has 2 saturated heterocycles. The van der Waals surface area contributed by atoms with Crippen LogP contribution in [0.5, 0.6) is 0 Å². The van der Waals surface area contributed by atoms with Crippen molar-refractivity contribution in [3.05, 3.63) is 0 Å². The van der Waals surface area contributed by atoms with E-state index in [1.165, 1.54) is 19.4 Å². The number of nitrogens with one attached hydrogen (secondary N) is 2. The van der Waals surface area contributed by atoms with Gasteiger partial charge in [-0.3, -0.25) is 14.7 Å². The number of likely N-dealkylation sites (tertiary alicyclic amines) is 2. The molecule has 2 fully saturated rings. The van der Waals surface area contributed by atoms with Crippen LogP contribution in [0, 0.1) is 0 Å². The molecule has 140 valence electrons. The normalized spacial score (nSPS) is 21.9. The number of nitrogens with zero attached hydrogens (tertiary/aromatic N) is 3. The zero-order chi connectivity index (χ0) is 16.5. The average Bonchev–Trinajstić information content (AvgIpc) is 3.17. The predicted octanol–water partition coefficient (Wildman–Crippen LogP) is 1.66. The van der Waals surface area contributed by atoms with Crippen LogP contribution in [-0.2, 0) is 4.79 Å². The first kappa shape index (κ1) is 21.5. The molecule has 2 rings (SSSR count). The first-order valence-corrected chi connectivity index (χ1v) is 9.28. The Morgan fingerprint density at radius 2 is 2.08 bits per heavy atom. The molecule has 24 heavy (non-hydrogen) atoms. The minimum Gasteiger partial charge on any atom is -0.357 e. The lowest BCUT2D eigenvalue weighted by Gasteiger charge is -2.21. The van der Waals surface area contributed by atoms with Crippen LogP contribution in [0.25, 0.3) is 0 Å². The molecular weight excluding hydrogens is 417 g/mol. The molecule has 0 radical (unpaired) electrons. The average molecular weight is 451 g/mol. The summed E-state index contributed by atoms with van der Waals surface area (Å²) in [4.78, 5) is 20.8. The van der Waals surface area contributed by atoms with Crippen molar-refractivity contribution in [3.8, 4) is 0 Å². The third-order valence-electron chi connectivity index (χ3n) is 4.78. The monoisotopic (exact) mass is 451 g/mol. The zero-order valence-corrected chi connectivity index (χ0v) is 17.6. The van der Waals surface area contributed by atoms with E-state index >= 15 is 0 Å². The van der Waals surface area contributed by atoms with Crippen LogP contribution in [0.4, 0.5) is 0 Å². The van der Waals surface area contributed by atoms with Crippen molar-refractivity contribution in [2.75, 3.05) is 45.8 Å². The van der Waals surface area contributed by atoms with Crippen LogP contribution in [-0.4, -0.2) is 73.5 Å². The van der Waals surface area contributed by atoms with E-state index in [1.807, 2.05) is 4.90 Å². The summed E-state index contributed by atoms with van der Waals surface area (Å²) in [6.45, 7) is 11.0. The molecule has 1 unspecified atom stereocenters. The molecule has 1 amide bonds. The fraction of sp³-hybridized carbons (Fsp3) is 0.882. The predicted molar refractivity (Wildman–Crippen MR) is 110 cm³/mol. The second-order valence-corrected chi connectivity index (χ2v) is 6.41. The lowest BCUT2D eigenvalue weighted by molar-refractivity contribution is -0.127. The summed E-state index contributed by atoms with van der Waals surface area (Å²) < 4.78 is 0. The summed E-state index contributed by atoms with van der Waals surface area (Å²) in [5.74, 6) is 1.22. The zero-order valence-electron chi connectivity index (χ0n) is 15.2. The third kappa shape index (κ3) is 6.74. The third-order valence-corrected chi connectivity index (χ3v) is 4.78. The maximum Gasteiger partial charge on any atom is 0.222 e. The molecule has 2 aliphatic rings. The van der Waals surface area contributed by atoms with E-state index in [0.717, 1.165) is 64.5 Å². The van der Waals surface area contributed by atoms with Gasteiger partial charge < -0.3 is 15.5 Å². The van der Waals surface area contributed by atoms with Crippen LogP contribution in [0.15, 0.2) is 4.99 Å². The second-order valence-electron chi connectivity index (χ2n) is 6.41. The highest BCUT2D eigenvalue weighted by Gasteiger charge is 2.22. The summed E-state index contributed by atoms with van der Waals surface area (Å²) in [5, 5.41) is 6.72. The Kier molecular flexibility index (Phi) is 10.6. The van der Waals surface area contributed by atoms with E-state index in [9.17, 15) is 4.79 Å². The smallest absolute Gasteiger partial charge is 0.222 e. The summed E-state index contributed by atoms with van der Waals surface area (Å²) in [6.07, 6.45) is 5.27. The van der Waals surface area contributed by atoms with Crippen LogP contribution >= 0.6 is 24.0 Å². The van der Waals surface area contributed by atoms with Gasteiger partial charge in [0.15, 0.2) is 5.96 Å². The molecule has 7 heteroatoms. The number of hydrogen-bond acceptors (Lipinski definition) is 3. The highest BCUT2D eigenvalue weighted by atomic mass is 127. The molecule has 0 bridgehead atoms. The molecule has 0 saturated carbocycles. The Balaban J connectivity index is 0.00000288. The fourth-order valence-corrected chi connectivity index (χ4v) is 3.47. The highest BCUT2D eigenvalue weighted by Crippen LogP contribution is 2.16. The first-order valence-electron chi connectivity index (χ1n) is 9.28. The van der Waals surface area contributed by atoms with Crippen LogP contribution in [0.3, 0.4) is 0 Å². The van der Waals surface area contributed by atoms with Crippen molar-refractivity contribution >= 4 is 35.8 Å². The van der Waals surface area contributed by atoms with Crippen molar-refractivity contribution in [1.29, 1.82) is 0 Å². The van der Waals surface area contributed by atoms with E-state index < -0.39 is 0 Å². The lowest BCUT2D eigenvalue weighted by atomic mass is 10.2. The maximum absolute atomic E-state index is 11.6. The van der Waals surface area contributed by atoms with Crippen LogP contribution in [0.2, 0.25) is 0 Å². The van der Waals surface area contributed by atoms with Gasteiger partial charge in [-0.15, -0.1) is 24.0 Å². The Hall–Kier alpha value is -0.570. The molecule has 0 spiro atoms. The number of hydrogen-bond donors (Lipinski definition) is 2. The van der Waals surface area contributed by atoms with Gasteiger partial charge >= 0.3 is 0 Å². The van der Waals surface area contributed by atoms with Crippen molar-refractivity contribution in [2.24, 2.45) is 4.99 Å². The van der Waals surface area contributed by atoms with Crippen molar-refractivity contribution in [1.82, 2.24) is 20.4 Å². The van der Waals surface area contributed by atoms with Gasteiger partial charge in [0.1, 0.15) is 0 Å². The maximum atomic E-state index is 11.6. The van der Waals surface area contributed by atoms with Gasteiger partial charge in [0.25, 0.3) is 0 Å². The number of rotatable bonds is 8. The van der Waals surface area contributed by atoms with Gasteiger partial charge in [-0.1, -0.05) is 6.92 Å². The number of guanidine groups is 1. The molecule has 0 aromatic heterocycles. The van der Waals surface area contributed by atoms with E-state index in [1.54, 1.807) is 0 Å². The molecule has 2 heterocycles. The first-order chi connectivity index (χ1) is 11.2. The van der Waals surface area contributed by atoms with E-state index in [2.05, 4.69) is 29.4 Å². The SMILES string of the molecule is CCNC(=NCC1CCCN1CC)NCCCN1CCCC1=O.I. The number of carbonyl (C=O) groups excluding carboxylic acids is 1. The molecule has 2 N–H and O–H groups in total. The van der Waals surface area contributed by atoms with Crippen molar-refractivity contribution < 1.29 is 4.79 Å². The standard InChI is InChI=1S/C17H33N5O.HI/c1-3-18-17(20-14-15-8-5-11-21(15)4-2)19-10-7-13-22-12-6-9-16(22)23;/h15H,3-14H2,1-2H3,(H2,18,19,20);1H. The summed E-state index contributed by atoms with van der Waals surface area (Å²) >= 11 is 0. The van der Waals surface area contributed by atoms with E-state index in [0.29, 0.717) is 11.9 Å². The highest BCUT2D eigenvalue weighted by molar-refractivity contribution is 14.0. The Morgan fingerprint density at radius 3 is 2.75 bits per heavy atom. The number of amides is 1. The molecule has 2 aliphatic heterocycles. The number of carbonyl (C=O) groups is 1. The van der Waals surface area contributed by atoms with Gasteiger partial charge in [0, 0.05) is 38.6 Å². The Morgan fingerprint density at radius 1 is 1.25 bits per heavy atom. The summed E-state index contributed by atoms with van der Waals surface area (Å²) in [7, 11) is 0. The second kappa shape index (κ2) is 11.9. The molecule has 0 aliphatic carbocycles. The van der Waals surface area contributed by atoms with E-state index in [4.69, 9.17) is 4.99 Å². The summed E-state index contributed by atoms with van der Waals surface area (Å²) in [6, 6.07) is 0.595. The molecule has 1 atom stereocenters. The van der Waals surface area contributed by atoms with Crippen LogP contribution in [0.1, 0.15) is 46.0 Å². The summed E-state index contributed by atoms with van der Waals surface area (Å²) in [5.41, 5.74) is 0. The van der Waals surface area contributed by atoms with Gasteiger partial charge in [-0.05, 0) is 45.7 Å². The lowest BCUT2D eigenvalue weighted by Crippen LogP contribution is -2.40. The minimum absolute atomic E-state index is 0. The fourth-order valence-electron chi connectivity index (χ4n) is 3.47. The topological polar surface area (TPSA) is 60.0 Å². The Bertz CT molecular complexity index is 404. The number of halogens is 1. The Labute approximate surface area is 163 Å². The van der Waals surface area contributed by atoms with Gasteiger partial charge in [-0.2, -0.15) is 0 Å².